The summed E-state index contributed by atoms with van der Waals surface area (Å²) in [5, 5.41) is 5.88. The summed E-state index contributed by atoms with van der Waals surface area (Å²) in [5.74, 6) is 0.679. The Morgan fingerprint density at radius 2 is 2.17 bits per heavy atom. The Hall–Kier alpha value is -1.99. The van der Waals surface area contributed by atoms with E-state index in [1.165, 1.54) is 6.33 Å². The second-order valence-corrected chi connectivity index (χ2v) is 7.01. The van der Waals surface area contributed by atoms with E-state index in [2.05, 4.69) is 31.2 Å². The summed E-state index contributed by atoms with van der Waals surface area (Å²) in [6.07, 6.45) is 1.53. The van der Waals surface area contributed by atoms with E-state index in [1.807, 2.05) is 48.5 Å². The number of fused-ring (bicyclic) bond motifs is 1. The van der Waals surface area contributed by atoms with Crippen molar-refractivity contribution in [1.29, 1.82) is 0 Å². The molecule has 7 heteroatoms. The third kappa shape index (κ3) is 3.51. The molecule has 0 aliphatic heterocycles. The zero-order valence-corrected chi connectivity index (χ0v) is 15.1. The minimum Gasteiger partial charge on any atom is -0.350 e. The lowest BCUT2D eigenvalue weighted by Crippen LogP contribution is -2.30. The molecule has 2 aromatic heterocycles. The van der Waals surface area contributed by atoms with Crippen molar-refractivity contribution in [2.24, 2.45) is 0 Å². The zero-order chi connectivity index (χ0) is 16.4. The number of benzene rings is 1. The van der Waals surface area contributed by atoms with Crippen LogP contribution in [0, 0.1) is 6.92 Å². The van der Waals surface area contributed by atoms with Gasteiger partial charge in [-0.15, -0.1) is 11.3 Å². The van der Waals surface area contributed by atoms with Crippen LogP contribution in [0.15, 0.2) is 40.4 Å². The number of aryl methyl sites for hydroxylation is 1. The third-order valence-corrected chi connectivity index (χ3v) is 4.76. The molecule has 3 aromatic rings. The smallest absolute Gasteiger partial charge is 0.243 e. The molecular formula is C16H15BrN4OS. The quantitative estimate of drug-likeness (QED) is 0.734. The lowest BCUT2D eigenvalue weighted by molar-refractivity contribution is -0.114. The summed E-state index contributed by atoms with van der Waals surface area (Å²) in [6, 6.07) is 7.74. The van der Waals surface area contributed by atoms with Crippen LogP contribution in [0.25, 0.3) is 10.2 Å². The first-order chi connectivity index (χ1) is 11.0. The number of nitrogens with one attached hydrogen (secondary N) is 1. The van der Waals surface area contributed by atoms with Gasteiger partial charge in [-0.3, -0.25) is 4.79 Å². The van der Waals surface area contributed by atoms with Gasteiger partial charge in [0.2, 0.25) is 5.91 Å². The molecule has 0 radical (unpaired) electrons. The van der Waals surface area contributed by atoms with Gasteiger partial charge < -0.3 is 10.2 Å². The molecule has 0 fully saturated rings. The van der Waals surface area contributed by atoms with Gasteiger partial charge in [0, 0.05) is 17.2 Å². The normalized spacial score (nSPS) is 10.7. The molecule has 0 bridgehead atoms. The molecule has 1 aromatic carbocycles. The van der Waals surface area contributed by atoms with Gasteiger partial charge in [0.25, 0.3) is 0 Å². The van der Waals surface area contributed by atoms with E-state index in [0.717, 1.165) is 31.8 Å². The van der Waals surface area contributed by atoms with Crippen LogP contribution >= 0.6 is 27.3 Å². The van der Waals surface area contributed by atoms with Crippen LogP contribution in [0.3, 0.4) is 0 Å². The number of hydrogen-bond donors (Lipinski definition) is 1. The molecule has 0 aliphatic carbocycles. The van der Waals surface area contributed by atoms with Gasteiger partial charge >= 0.3 is 0 Å². The highest BCUT2D eigenvalue weighted by Crippen LogP contribution is 2.26. The first-order valence-electron chi connectivity index (χ1n) is 7.00. The standard InChI is InChI=1S/C16H15BrN4OS/c1-10-7-11(17)3-4-13(10)20-14(22)8-21(2)15-12-5-6-23-16(12)19-9-18-15/h3-7,9H,8H2,1-2H3,(H,20,22). The average molecular weight is 391 g/mol. The van der Waals surface area contributed by atoms with Crippen molar-refractivity contribution in [2.45, 2.75) is 6.92 Å². The molecule has 1 N–H and O–H groups in total. The van der Waals surface area contributed by atoms with Gasteiger partial charge in [0.05, 0.1) is 11.9 Å². The second-order valence-electron chi connectivity index (χ2n) is 5.20. The van der Waals surface area contributed by atoms with Gasteiger partial charge in [0.15, 0.2) is 0 Å². The van der Waals surface area contributed by atoms with Crippen LogP contribution in [0.2, 0.25) is 0 Å². The minimum atomic E-state index is -0.0834. The Bertz CT molecular complexity index is 864. The topological polar surface area (TPSA) is 58.1 Å². The maximum Gasteiger partial charge on any atom is 0.243 e. The summed E-state index contributed by atoms with van der Waals surface area (Å²) < 4.78 is 0.992. The fourth-order valence-corrected chi connectivity index (χ4v) is 3.53. The number of hydrogen-bond acceptors (Lipinski definition) is 5. The average Bonchev–Trinajstić information content (AvgIpc) is 2.98. The molecule has 0 unspecified atom stereocenters. The van der Waals surface area contributed by atoms with E-state index >= 15 is 0 Å². The zero-order valence-electron chi connectivity index (χ0n) is 12.7. The highest BCUT2D eigenvalue weighted by molar-refractivity contribution is 9.10. The number of aromatic nitrogens is 2. The van der Waals surface area contributed by atoms with Crippen LogP contribution in [-0.2, 0) is 4.79 Å². The molecule has 0 atom stereocenters. The Kier molecular flexibility index (Phi) is 4.58. The van der Waals surface area contributed by atoms with E-state index in [0.29, 0.717) is 0 Å². The fraction of sp³-hybridized carbons (Fsp3) is 0.188. The number of rotatable bonds is 4. The number of carbonyl (C=O) groups excluding carboxylic acids is 1. The van der Waals surface area contributed by atoms with E-state index in [4.69, 9.17) is 0 Å². The predicted molar refractivity (Wildman–Crippen MR) is 98.2 cm³/mol. The number of anilines is 2. The monoisotopic (exact) mass is 390 g/mol. The molecule has 0 saturated carbocycles. The van der Waals surface area contributed by atoms with Crippen molar-refractivity contribution in [2.75, 3.05) is 23.8 Å². The van der Waals surface area contributed by atoms with Gasteiger partial charge in [0.1, 0.15) is 17.0 Å². The molecule has 118 valence electrons. The molecule has 23 heavy (non-hydrogen) atoms. The largest absolute Gasteiger partial charge is 0.350 e. The van der Waals surface area contributed by atoms with Crippen molar-refractivity contribution in [3.05, 3.63) is 46.0 Å². The van der Waals surface area contributed by atoms with Crippen LogP contribution in [0.5, 0.6) is 0 Å². The Labute approximate surface area is 146 Å². The summed E-state index contributed by atoms with van der Waals surface area (Å²) in [6.45, 7) is 2.18. The number of carbonyl (C=O) groups is 1. The number of likely N-dealkylation sites (N-methyl/N-ethyl adjacent to an activating group) is 1. The summed E-state index contributed by atoms with van der Waals surface area (Å²) in [5.41, 5.74) is 1.83. The van der Waals surface area contributed by atoms with E-state index in [-0.39, 0.29) is 12.5 Å². The molecule has 3 rings (SSSR count). The molecule has 2 heterocycles. The lowest BCUT2D eigenvalue weighted by atomic mass is 10.2. The second kappa shape index (κ2) is 6.64. The number of nitrogens with zero attached hydrogens (tertiary/aromatic N) is 3. The SMILES string of the molecule is Cc1cc(Br)ccc1NC(=O)CN(C)c1ncnc2sccc12. The Morgan fingerprint density at radius 1 is 1.35 bits per heavy atom. The number of amides is 1. The summed E-state index contributed by atoms with van der Waals surface area (Å²) in [7, 11) is 1.85. The van der Waals surface area contributed by atoms with Gasteiger partial charge in [-0.2, -0.15) is 0 Å². The molecular weight excluding hydrogens is 376 g/mol. The number of thiophene rings is 1. The van der Waals surface area contributed by atoms with Crippen molar-refractivity contribution in [1.82, 2.24) is 9.97 Å². The van der Waals surface area contributed by atoms with Crippen molar-refractivity contribution < 1.29 is 4.79 Å². The van der Waals surface area contributed by atoms with Crippen LogP contribution in [0.1, 0.15) is 5.56 Å². The third-order valence-electron chi connectivity index (χ3n) is 3.45. The molecule has 1 amide bonds. The molecule has 5 nitrogen and oxygen atoms in total. The molecule has 0 spiro atoms. The van der Waals surface area contributed by atoms with Crippen LogP contribution < -0.4 is 10.2 Å². The summed E-state index contributed by atoms with van der Waals surface area (Å²) >= 11 is 4.98. The van der Waals surface area contributed by atoms with Gasteiger partial charge in [-0.05, 0) is 42.1 Å². The van der Waals surface area contributed by atoms with Crippen LogP contribution in [-0.4, -0.2) is 29.5 Å². The number of halogens is 1. The Morgan fingerprint density at radius 3 is 2.96 bits per heavy atom. The van der Waals surface area contributed by atoms with E-state index in [1.54, 1.807) is 11.3 Å². The van der Waals surface area contributed by atoms with Gasteiger partial charge in [-0.25, -0.2) is 9.97 Å². The maximum atomic E-state index is 12.3. The van der Waals surface area contributed by atoms with Crippen molar-refractivity contribution in [3.63, 3.8) is 0 Å². The molecule has 0 aliphatic rings. The van der Waals surface area contributed by atoms with E-state index in [9.17, 15) is 4.79 Å². The first kappa shape index (κ1) is 15.9. The fourth-order valence-electron chi connectivity index (χ4n) is 2.33. The van der Waals surface area contributed by atoms with Crippen molar-refractivity contribution in [3.8, 4) is 0 Å². The van der Waals surface area contributed by atoms with Gasteiger partial charge in [-0.1, -0.05) is 15.9 Å². The lowest BCUT2D eigenvalue weighted by Gasteiger charge is -2.18. The highest BCUT2D eigenvalue weighted by atomic mass is 79.9. The predicted octanol–water partition coefficient (Wildman–Crippen LogP) is 3.84. The first-order valence-corrected chi connectivity index (χ1v) is 8.67. The van der Waals surface area contributed by atoms with E-state index < -0.39 is 0 Å². The summed E-state index contributed by atoms with van der Waals surface area (Å²) in [4.78, 5) is 23.6. The minimum absolute atomic E-state index is 0.0834. The van der Waals surface area contributed by atoms with Crippen molar-refractivity contribution >= 4 is 54.9 Å². The molecule has 0 saturated heterocycles. The Balaban J connectivity index is 1.73. The highest BCUT2D eigenvalue weighted by Gasteiger charge is 2.13. The van der Waals surface area contributed by atoms with Crippen LogP contribution in [0.4, 0.5) is 11.5 Å². The maximum absolute atomic E-state index is 12.3.